The molecule has 31 heavy (non-hydrogen) atoms. The minimum absolute atomic E-state index is 0.0203. The van der Waals surface area contributed by atoms with Crippen molar-refractivity contribution in [3.05, 3.63) is 83.3 Å². The summed E-state index contributed by atoms with van der Waals surface area (Å²) < 4.78 is 12.4. The molecule has 0 radical (unpaired) electrons. The Hall–Kier alpha value is -3.91. The van der Waals surface area contributed by atoms with E-state index in [2.05, 4.69) is 31.2 Å². The van der Waals surface area contributed by atoms with Gasteiger partial charge in [0.05, 0.1) is 11.8 Å². The first-order valence-corrected chi connectivity index (χ1v) is 10.1. The summed E-state index contributed by atoms with van der Waals surface area (Å²) in [6.45, 7) is 0. The number of hydrogen-bond donors (Lipinski definition) is 2. The number of hydrogen-bond acceptors (Lipinski definition) is 6. The Labute approximate surface area is 184 Å². The lowest BCUT2D eigenvalue weighted by molar-refractivity contribution is 0.0997. The van der Waals surface area contributed by atoms with Gasteiger partial charge in [0.25, 0.3) is 5.91 Å². The van der Waals surface area contributed by atoms with E-state index in [1.165, 1.54) is 6.07 Å². The summed E-state index contributed by atoms with van der Waals surface area (Å²) in [5, 5.41) is 13.0. The van der Waals surface area contributed by atoms with Crippen LogP contribution in [0.5, 0.6) is 5.75 Å². The highest BCUT2D eigenvalue weighted by Crippen LogP contribution is 2.33. The van der Waals surface area contributed by atoms with E-state index in [0.717, 1.165) is 10.0 Å². The summed E-state index contributed by atoms with van der Waals surface area (Å²) in [6.07, 6.45) is 3.17. The molecule has 0 aliphatic heterocycles. The van der Waals surface area contributed by atoms with Gasteiger partial charge < -0.3 is 19.3 Å². The zero-order valence-corrected chi connectivity index (χ0v) is 17.5. The Morgan fingerprint density at radius 2 is 1.84 bits per heavy atom. The molecular formula is C23H14BrN3O4. The molecule has 0 saturated carbocycles. The third kappa shape index (κ3) is 3.80. The Bertz CT molecular complexity index is 1370. The van der Waals surface area contributed by atoms with Crippen LogP contribution >= 0.6 is 15.9 Å². The summed E-state index contributed by atoms with van der Waals surface area (Å²) >= 11 is 3.39. The van der Waals surface area contributed by atoms with Crippen LogP contribution in [0.4, 0.5) is 5.69 Å². The van der Waals surface area contributed by atoms with Gasteiger partial charge in [-0.3, -0.25) is 9.78 Å². The van der Waals surface area contributed by atoms with Gasteiger partial charge in [-0.15, -0.1) is 0 Å². The maximum Gasteiger partial charge on any atom is 0.291 e. The largest absolute Gasteiger partial charge is 0.507 e. The van der Waals surface area contributed by atoms with Gasteiger partial charge in [0, 0.05) is 28.0 Å². The second kappa shape index (κ2) is 7.73. The average molecular weight is 476 g/mol. The molecule has 0 aliphatic rings. The number of carbonyl (C=O) groups is 1. The molecule has 2 aromatic carbocycles. The molecule has 2 N–H and O–H groups in total. The minimum Gasteiger partial charge on any atom is -0.507 e. The maximum absolute atomic E-state index is 12.7. The van der Waals surface area contributed by atoms with E-state index in [1.54, 1.807) is 42.7 Å². The van der Waals surface area contributed by atoms with E-state index in [1.807, 2.05) is 24.3 Å². The van der Waals surface area contributed by atoms with Crippen LogP contribution in [-0.2, 0) is 0 Å². The molecule has 0 fully saturated rings. The van der Waals surface area contributed by atoms with Gasteiger partial charge in [-0.05, 0) is 42.5 Å². The molecule has 3 heterocycles. The number of aromatic nitrogens is 2. The van der Waals surface area contributed by atoms with Gasteiger partial charge in [0.15, 0.2) is 11.3 Å². The van der Waals surface area contributed by atoms with Crippen LogP contribution in [0.2, 0.25) is 0 Å². The van der Waals surface area contributed by atoms with E-state index in [9.17, 15) is 9.90 Å². The standard InChI is InChI=1S/C23H14BrN3O4/c24-14-3-1-13(2-4-14)19-7-8-21(30-19)22(29)26-15-5-6-18(28)16(11-15)23-27-17-12-25-10-9-20(17)31-23/h1-12,28H,(H,26,29). The number of furan rings is 1. The lowest BCUT2D eigenvalue weighted by atomic mass is 10.1. The smallest absolute Gasteiger partial charge is 0.291 e. The summed E-state index contributed by atoms with van der Waals surface area (Å²) in [5.41, 5.74) is 2.79. The molecule has 152 valence electrons. The summed E-state index contributed by atoms with van der Waals surface area (Å²) in [6, 6.07) is 17.3. The Kier molecular flexibility index (Phi) is 4.76. The van der Waals surface area contributed by atoms with Gasteiger partial charge in [0.2, 0.25) is 5.89 Å². The fraction of sp³-hybridized carbons (Fsp3) is 0. The van der Waals surface area contributed by atoms with Crippen LogP contribution in [0.3, 0.4) is 0 Å². The summed E-state index contributed by atoms with van der Waals surface area (Å²) in [7, 11) is 0. The molecule has 0 aliphatic carbocycles. The highest BCUT2D eigenvalue weighted by molar-refractivity contribution is 9.10. The maximum atomic E-state index is 12.7. The topological polar surface area (TPSA) is 101 Å². The molecule has 0 atom stereocenters. The van der Waals surface area contributed by atoms with Gasteiger partial charge in [-0.1, -0.05) is 28.1 Å². The molecule has 8 heteroatoms. The quantitative estimate of drug-likeness (QED) is 0.315. The number of benzene rings is 2. The zero-order chi connectivity index (χ0) is 21.4. The van der Waals surface area contributed by atoms with Crippen molar-refractivity contribution in [2.75, 3.05) is 5.32 Å². The number of nitrogens with one attached hydrogen (secondary N) is 1. The summed E-state index contributed by atoms with van der Waals surface area (Å²) in [4.78, 5) is 21.0. The van der Waals surface area contributed by atoms with Crippen molar-refractivity contribution in [1.82, 2.24) is 9.97 Å². The van der Waals surface area contributed by atoms with Crippen LogP contribution in [0.1, 0.15) is 10.6 Å². The number of amides is 1. The Morgan fingerprint density at radius 1 is 1.00 bits per heavy atom. The third-order valence-corrected chi connectivity index (χ3v) is 5.16. The lowest BCUT2D eigenvalue weighted by Gasteiger charge is -2.06. The fourth-order valence-corrected chi connectivity index (χ4v) is 3.37. The number of carbonyl (C=O) groups excluding carboxylic acids is 1. The number of phenolic OH excluding ortho intramolecular Hbond substituents is 1. The number of oxazole rings is 1. The SMILES string of the molecule is O=C(Nc1ccc(O)c(-c2nc3cnccc3o2)c1)c1ccc(-c2ccc(Br)cc2)o1. The van der Waals surface area contributed by atoms with Gasteiger partial charge >= 0.3 is 0 Å². The predicted octanol–water partition coefficient (Wildman–Crippen LogP) is 5.87. The zero-order valence-electron chi connectivity index (χ0n) is 15.9. The highest BCUT2D eigenvalue weighted by Gasteiger charge is 2.16. The van der Waals surface area contributed by atoms with E-state index >= 15 is 0 Å². The van der Waals surface area contributed by atoms with Crippen LogP contribution in [0.25, 0.3) is 33.9 Å². The van der Waals surface area contributed by atoms with Gasteiger partial charge in [0.1, 0.15) is 17.0 Å². The number of phenols is 1. The first kappa shape index (κ1) is 19.1. The number of aromatic hydroxyl groups is 1. The van der Waals surface area contributed by atoms with Gasteiger partial charge in [-0.25, -0.2) is 4.98 Å². The van der Waals surface area contributed by atoms with Crippen molar-refractivity contribution in [3.8, 4) is 28.5 Å². The molecule has 0 unspecified atom stereocenters. The molecule has 1 amide bonds. The second-order valence-electron chi connectivity index (χ2n) is 6.72. The Balaban J connectivity index is 1.39. The Morgan fingerprint density at radius 3 is 2.65 bits per heavy atom. The molecule has 0 bridgehead atoms. The number of nitrogens with zero attached hydrogens (tertiary/aromatic N) is 2. The third-order valence-electron chi connectivity index (χ3n) is 4.63. The van der Waals surface area contributed by atoms with E-state index < -0.39 is 5.91 Å². The second-order valence-corrected chi connectivity index (χ2v) is 7.63. The molecular weight excluding hydrogens is 462 g/mol. The first-order chi connectivity index (χ1) is 15.1. The normalized spacial score (nSPS) is 11.0. The van der Waals surface area contributed by atoms with Crippen LogP contribution in [0, 0.1) is 0 Å². The van der Waals surface area contributed by atoms with Crippen LogP contribution < -0.4 is 5.32 Å². The van der Waals surface area contributed by atoms with Crippen molar-refractivity contribution in [3.63, 3.8) is 0 Å². The number of rotatable bonds is 4. The molecule has 0 saturated heterocycles. The lowest BCUT2D eigenvalue weighted by Crippen LogP contribution is -2.10. The number of fused-ring (bicyclic) bond motifs is 1. The minimum atomic E-state index is -0.415. The van der Waals surface area contributed by atoms with Crippen molar-refractivity contribution in [2.45, 2.75) is 0 Å². The summed E-state index contributed by atoms with van der Waals surface area (Å²) in [5.74, 6) is 0.548. The number of pyridine rings is 1. The van der Waals surface area contributed by atoms with Crippen LogP contribution in [-0.4, -0.2) is 21.0 Å². The first-order valence-electron chi connectivity index (χ1n) is 9.28. The fourth-order valence-electron chi connectivity index (χ4n) is 3.10. The molecule has 7 nitrogen and oxygen atoms in total. The average Bonchev–Trinajstić information content (AvgIpc) is 3.43. The van der Waals surface area contributed by atoms with Crippen molar-refractivity contribution < 1.29 is 18.7 Å². The predicted molar refractivity (Wildman–Crippen MR) is 119 cm³/mol. The highest BCUT2D eigenvalue weighted by atomic mass is 79.9. The molecule has 3 aromatic heterocycles. The van der Waals surface area contributed by atoms with E-state index in [4.69, 9.17) is 8.83 Å². The van der Waals surface area contributed by atoms with E-state index in [-0.39, 0.29) is 17.4 Å². The van der Waals surface area contributed by atoms with Crippen molar-refractivity contribution >= 4 is 38.6 Å². The number of halogens is 1. The molecule has 0 spiro atoms. The number of anilines is 1. The van der Waals surface area contributed by atoms with Gasteiger partial charge in [-0.2, -0.15) is 0 Å². The molecule has 5 aromatic rings. The van der Waals surface area contributed by atoms with Crippen molar-refractivity contribution in [2.24, 2.45) is 0 Å². The van der Waals surface area contributed by atoms with Crippen molar-refractivity contribution in [1.29, 1.82) is 0 Å². The van der Waals surface area contributed by atoms with Crippen LogP contribution in [0.15, 0.2) is 86.4 Å². The van der Waals surface area contributed by atoms with E-state index in [0.29, 0.717) is 28.1 Å². The monoisotopic (exact) mass is 475 g/mol. The molecule has 5 rings (SSSR count).